The van der Waals surface area contributed by atoms with Gasteiger partial charge in [-0.1, -0.05) is 45.4 Å². The largest absolute Gasteiger partial charge is 0.444 e. The number of nitrogens with one attached hydrogen (secondary N) is 2. The molecule has 1 aromatic rings. The fraction of sp³-hybridized carbons (Fsp3) is 0.690. The van der Waals surface area contributed by atoms with Gasteiger partial charge >= 0.3 is 6.09 Å². The van der Waals surface area contributed by atoms with E-state index in [1.807, 2.05) is 80.5 Å². The summed E-state index contributed by atoms with van der Waals surface area (Å²) in [7, 11) is 0. The van der Waals surface area contributed by atoms with Gasteiger partial charge in [0.05, 0.1) is 0 Å². The van der Waals surface area contributed by atoms with Crippen LogP contribution in [0.4, 0.5) is 4.79 Å². The van der Waals surface area contributed by atoms with Gasteiger partial charge in [0.15, 0.2) is 0 Å². The topological polar surface area (TPSA) is 87.7 Å². The minimum absolute atomic E-state index is 0.165. The summed E-state index contributed by atoms with van der Waals surface area (Å²) in [6.45, 7) is 22.9. The van der Waals surface area contributed by atoms with Gasteiger partial charge in [0.25, 0.3) is 0 Å². The SMILES string of the molecule is CCC(C)C(NC(=O)OC(C)(C)C)C(=O)N(C(C)CC)C(C(=O)NC(C)(C)C)c1cccc(C)c1C. The molecule has 2 N–H and O–H groups in total. The first-order chi connectivity index (χ1) is 16.4. The first-order valence-corrected chi connectivity index (χ1v) is 13.1. The van der Waals surface area contributed by atoms with E-state index in [0.717, 1.165) is 16.7 Å². The zero-order valence-electron chi connectivity index (χ0n) is 24.5. The highest BCUT2D eigenvalue weighted by Gasteiger charge is 2.41. The second-order valence-corrected chi connectivity index (χ2v) is 11.9. The first-order valence-electron chi connectivity index (χ1n) is 13.1. The maximum Gasteiger partial charge on any atom is 0.408 e. The van der Waals surface area contributed by atoms with Crippen molar-refractivity contribution >= 4 is 17.9 Å². The second-order valence-electron chi connectivity index (χ2n) is 11.9. The molecule has 0 spiro atoms. The van der Waals surface area contributed by atoms with Gasteiger partial charge in [0.1, 0.15) is 17.7 Å². The Labute approximate surface area is 218 Å². The van der Waals surface area contributed by atoms with Crippen molar-refractivity contribution in [3.8, 4) is 0 Å². The van der Waals surface area contributed by atoms with Crippen LogP contribution in [0, 0.1) is 19.8 Å². The Morgan fingerprint density at radius 1 is 0.972 bits per heavy atom. The summed E-state index contributed by atoms with van der Waals surface area (Å²) >= 11 is 0. The molecule has 0 fully saturated rings. The van der Waals surface area contributed by atoms with Crippen molar-refractivity contribution < 1.29 is 19.1 Å². The van der Waals surface area contributed by atoms with Crippen molar-refractivity contribution in [3.05, 3.63) is 34.9 Å². The number of carbonyl (C=O) groups is 3. The molecule has 1 rings (SSSR count). The lowest BCUT2D eigenvalue weighted by Gasteiger charge is -2.40. The molecule has 3 amide bonds. The smallest absolute Gasteiger partial charge is 0.408 e. The predicted molar refractivity (Wildman–Crippen MR) is 146 cm³/mol. The number of hydrogen-bond donors (Lipinski definition) is 2. The van der Waals surface area contributed by atoms with E-state index < -0.39 is 29.3 Å². The Bertz CT molecular complexity index is 914. The summed E-state index contributed by atoms with van der Waals surface area (Å²) in [4.78, 5) is 42.5. The molecule has 1 aromatic carbocycles. The van der Waals surface area contributed by atoms with Gasteiger partial charge in [-0.2, -0.15) is 0 Å². The lowest BCUT2D eigenvalue weighted by atomic mass is 9.91. The molecule has 0 aliphatic rings. The lowest BCUT2D eigenvalue weighted by Crippen LogP contribution is -2.58. The van der Waals surface area contributed by atoms with Gasteiger partial charge in [-0.3, -0.25) is 9.59 Å². The number of nitrogens with zero attached hydrogens (tertiary/aromatic N) is 1. The number of aryl methyl sites for hydroxylation is 1. The maximum atomic E-state index is 14.3. The van der Waals surface area contributed by atoms with Crippen LogP contribution in [0.25, 0.3) is 0 Å². The van der Waals surface area contributed by atoms with Crippen molar-refractivity contribution in [2.45, 2.75) is 125 Å². The molecular weight excluding hydrogens is 454 g/mol. The van der Waals surface area contributed by atoms with Crippen LogP contribution in [0.15, 0.2) is 18.2 Å². The zero-order valence-corrected chi connectivity index (χ0v) is 24.5. The third kappa shape index (κ3) is 8.82. The number of rotatable bonds is 9. The Morgan fingerprint density at radius 3 is 2.03 bits per heavy atom. The molecule has 0 bridgehead atoms. The minimum Gasteiger partial charge on any atom is -0.444 e. The molecule has 36 heavy (non-hydrogen) atoms. The van der Waals surface area contributed by atoms with Crippen LogP contribution in [-0.4, -0.2) is 46.0 Å². The third-order valence-corrected chi connectivity index (χ3v) is 6.44. The standard InChI is InChI=1S/C29H49N3O4/c1-13-18(3)23(30-27(35)36-29(10,11)12)26(34)32(20(5)14-2)24(25(33)31-28(7,8)9)22-17-15-16-19(4)21(22)6/h15-18,20,23-24H,13-14H2,1-12H3,(H,30,35)(H,31,33). The molecule has 4 atom stereocenters. The fourth-order valence-electron chi connectivity index (χ4n) is 4.00. The number of carbonyl (C=O) groups excluding carboxylic acids is 3. The van der Waals surface area contributed by atoms with E-state index in [1.165, 1.54) is 0 Å². The Hall–Kier alpha value is -2.57. The number of benzene rings is 1. The highest BCUT2D eigenvalue weighted by molar-refractivity contribution is 5.93. The summed E-state index contributed by atoms with van der Waals surface area (Å²) in [6.07, 6.45) is 0.672. The summed E-state index contributed by atoms with van der Waals surface area (Å²) in [5, 5.41) is 5.91. The molecule has 0 aliphatic heterocycles. The Morgan fingerprint density at radius 2 is 1.56 bits per heavy atom. The van der Waals surface area contributed by atoms with E-state index in [0.29, 0.717) is 12.8 Å². The Balaban J connectivity index is 3.69. The lowest BCUT2D eigenvalue weighted by molar-refractivity contribution is -0.146. The molecule has 0 aliphatic carbocycles. The van der Waals surface area contributed by atoms with Gasteiger partial charge in [0.2, 0.25) is 11.8 Å². The highest BCUT2D eigenvalue weighted by Crippen LogP contribution is 2.31. The monoisotopic (exact) mass is 503 g/mol. The normalized spacial score (nSPS) is 15.3. The average molecular weight is 504 g/mol. The third-order valence-electron chi connectivity index (χ3n) is 6.44. The van der Waals surface area contributed by atoms with Crippen LogP contribution in [-0.2, 0) is 14.3 Å². The molecule has 0 saturated heterocycles. The number of amides is 3. The van der Waals surface area contributed by atoms with E-state index in [9.17, 15) is 14.4 Å². The van der Waals surface area contributed by atoms with E-state index in [1.54, 1.807) is 25.7 Å². The number of alkyl carbamates (subject to hydrolysis) is 1. The van der Waals surface area contributed by atoms with Gasteiger partial charge in [-0.05, 0) is 91.3 Å². The summed E-state index contributed by atoms with van der Waals surface area (Å²) in [5.74, 6) is -0.703. The summed E-state index contributed by atoms with van der Waals surface area (Å²) in [6, 6.07) is 3.89. The van der Waals surface area contributed by atoms with Crippen molar-refractivity contribution in [1.82, 2.24) is 15.5 Å². The quantitative estimate of drug-likeness (QED) is 0.444. The fourth-order valence-corrected chi connectivity index (χ4v) is 4.00. The van der Waals surface area contributed by atoms with Crippen LogP contribution in [0.2, 0.25) is 0 Å². The first kappa shape index (κ1) is 31.5. The van der Waals surface area contributed by atoms with Gasteiger partial charge in [-0.15, -0.1) is 0 Å². The second kappa shape index (κ2) is 12.6. The van der Waals surface area contributed by atoms with Crippen LogP contribution >= 0.6 is 0 Å². The van der Waals surface area contributed by atoms with Crippen molar-refractivity contribution in [2.24, 2.45) is 5.92 Å². The summed E-state index contributed by atoms with van der Waals surface area (Å²) in [5.41, 5.74) is 1.61. The molecule has 7 heteroatoms. The van der Waals surface area contributed by atoms with Crippen molar-refractivity contribution in [3.63, 3.8) is 0 Å². The van der Waals surface area contributed by atoms with Gasteiger partial charge < -0.3 is 20.3 Å². The van der Waals surface area contributed by atoms with Crippen LogP contribution < -0.4 is 10.6 Å². The van der Waals surface area contributed by atoms with E-state index in [-0.39, 0.29) is 23.8 Å². The zero-order chi connectivity index (χ0) is 28.0. The molecule has 0 radical (unpaired) electrons. The number of hydrogen-bond acceptors (Lipinski definition) is 4. The average Bonchev–Trinajstić information content (AvgIpc) is 2.74. The minimum atomic E-state index is -0.849. The van der Waals surface area contributed by atoms with Crippen molar-refractivity contribution in [1.29, 1.82) is 0 Å². The van der Waals surface area contributed by atoms with Gasteiger partial charge in [0, 0.05) is 11.6 Å². The van der Waals surface area contributed by atoms with Gasteiger partial charge in [-0.25, -0.2) is 4.79 Å². The maximum absolute atomic E-state index is 14.3. The van der Waals surface area contributed by atoms with E-state index in [4.69, 9.17) is 4.74 Å². The molecule has 0 aromatic heterocycles. The van der Waals surface area contributed by atoms with Crippen molar-refractivity contribution in [2.75, 3.05) is 0 Å². The molecule has 0 heterocycles. The summed E-state index contributed by atoms with van der Waals surface area (Å²) < 4.78 is 5.47. The number of ether oxygens (including phenoxy) is 1. The molecule has 7 nitrogen and oxygen atoms in total. The van der Waals surface area contributed by atoms with Crippen LogP contribution in [0.1, 0.15) is 105 Å². The molecule has 204 valence electrons. The van der Waals surface area contributed by atoms with E-state index in [2.05, 4.69) is 10.6 Å². The predicted octanol–water partition coefficient (Wildman–Crippen LogP) is 5.83. The van der Waals surface area contributed by atoms with Crippen LogP contribution in [0.5, 0.6) is 0 Å². The Kier molecular flexibility index (Phi) is 11.0. The van der Waals surface area contributed by atoms with Crippen LogP contribution in [0.3, 0.4) is 0 Å². The highest BCUT2D eigenvalue weighted by atomic mass is 16.6. The molecular formula is C29H49N3O4. The molecule has 4 unspecified atom stereocenters. The van der Waals surface area contributed by atoms with E-state index >= 15 is 0 Å². The molecule has 0 saturated carbocycles.